The Morgan fingerprint density at radius 3 is 2.34 bits per heavy atom. The summed E-state index contributed by atoms with van der Waals surface area (Å²) in [6.45, 7) is 3.20. The quantitative estimate of drug-likeness (QED) is 0.465. The molecule has 190 valence electrons. The first-order chi connectivity index (χ1) is 16.5. The zero-order valence-electron chi connectivity index (χ0n) is 20.1. The van der Waals surface area contributed by atoms with Crippen LogP contribution < -0.4 is 9.62 Å². The Labute approximate surface area is 221 Å². The van der Waals surface area contributed by atoms with Crippen molar-refractivity contribution in [1.29, 1.82) is 0 Å². The second-order valence-corrected chi connectivity index (χ2v) is 12.2. The standard InChI is InChI=1S/C25H31BrClN3O4S/c1-17-8-13-22(14-23(17)27)30(35(3,33)34)16-24(31)29(15-19-9-11-20(26)12-10-19)18(2)25(32)28-21-6-4-5-7-21/h8-14,18,21H,4-7,15-16H2,1-3H3,(H,28,32). The van der Waals surface area contributed by atoms with Gasteiger partial charge >= 0.3 is 0 Å². The SMILES string of the molecule is Cc1ccc(N(CC(=O)N(Cc2ccc(Br)cc2)C(C)C(=O)NC2CCCC2)S(C)(=O)=O)cc1Cl. The molecule has 1 aliphatic carbocycles. The number of anilines is 1. The van der Waals surface area contributed by atoms with Crippen molar-refractivity contribution in [3.63, 3.8) is 0 Å². The minimum absolute atomic E-state index is 0.108. The molecule has 10 heteroatoms. The van der Waals surface area contributed by atoms with Crippen LogP contribution in [0, 0.1) is 6.92 Å². The van der Waals surface area contributed by atoms with Gasteiger partial charge in [-0.25, -0.2) is 8.42 Å². The molecular formula is C25H31BrClN3O4S. The summed E-state index contributed by atoms with van der Waals surface area (Å²) in [4.78, 5) is 28.1. The van der Waals surface area contributed by atoms with Crippen LogP contribution in [0.15, 0.2) is 46.9 Å². The van der Waals surface area contributed by atoms with Gasteiger partial charge in [-0.3, -0.25) is 13.9 Å². The fraction of sp³-hybridized carbons (Fsp3) is 0.440. The lowest BCUT2D eigenvalue weighted by Gasteiger charge is -2.32. The largest absolute Gasteiger partial charge is 0.352 e. The first-order valence-electron chi connectivity index (χ1n) is 11.5. The van der Waals surface area contributed by atoms with Crippen LogP contribution in [0.2, 0.25) is 5.02 Å². The van der Waals surface area contributed by atoms with Crippen molar-refractivity contribution in [2.24, 2.45) is 0 Å². The highest BCUT2D eigenvalue weighted by Crippen LogP contribution is 2.25. The van der Waals surface area contributed by atoms with Crippen LogP contribution in [-0.4, -0.2) is 50.0 Å². The van der Waals surface area contributed by atoms with E-state index in [9.17, 15) is 18.0 Å². The molecule has 0 heterocycles. The Balaban J connectivity index is 1.88. The zero-order valence-corrected chi connectivity index (χ0v) is 23.3. The molecular weight excluding hydrogens is 554 g/mol. The monoisotopic (exact) mass is 583 g/mol. The minimum atomic E-state index is -3.80. The minimum Gasteiger partial charge on any atom is -0.352 e. The van der Waals surface area contributed by atoms with Gasteiger partial charge in [0.15, 0.2) is 0 Å². The molecule has 1 N–H and O–H groups in total. The van der Waals surface area contributed by atoms with E-state index < -0.39 is 28.5 Å². The van der Waals surface area contributed by atoms with Crippen molar-refractivity contribution < 1.29 is 18.0 Å². The smallest absolute Gasteiger partial charge is 0.244 e. The average molecular weight is 585 g/mol. The second-order valence-electron chi connectivity index (χ2n) is 9.02. The van der Waals surface area contributed by atoms with E-state index in [-0.39, 0.29) is 18.5 Å². The van der Waals surface area contributed by atoms with Crippen LogP contribution in [0.3, 0.4) is 0 Å². The number of benzene rings is 2. The summed E-state index contributed by atoms with van der Waals surface area (Å²) in [6, 6.07) is 11.6. The van der Waals surface area contributed by atoms with Crippen molar-refractivity contribution in [2.75, 3.05) is 17.1 Å². The summed E-state index contributed by atoms with van der Waals surface area (Å²) < 4.78 is 27.2. The van der Waals surface area contributed by atoms with Gasteiger partial charge in [0.1, 0.15) is 12.6 Å². The van der Waals surface area contributed by atoms with Gasteiger partial charge in [-0.15, -0.1) is 0 Å². The van der Waals surface area contributed by atoms with Crippen LogP contribution in [0.25, 0.3) is 0 Å². The molecule has 2 amide bonds. The van der Waals surface area contributed by atoms with Gasteiger partial charge in [0.05, 0.1) is 11.9 Å². The lowest BCUT2D eigenvalue weighted by Crippen LogP contribution is -2.52. The molecule has 0 bridgehead atoms. The summed E-state index contributed by atoms with van der Waals surface area (Å²) in [5.41, 5.74) is 1.92. The highest BCUT2D eigenvalue weighted by Gasteiger charge is 2.31. The van der Waals surface area contributed by atoms with Gasteiger partial charge in [0.25, 0.3) is 0 Å². The first-order valence-corrected chi connectivity index (χ1v) is 14.6. The molecule has 2 aromatic rings. The fourth-order valence-corrected chi connectivity index (χ4v) is 5.39. The average Bonchev–Trinajstić information content (AvgIpc) is 3.30. The molecule has 0 aliphatic heterocycles. The van der Waals surface area contributed by atoms with E-state index in [1.54, 1.807) is 19.1 Å². The van der Waals surface area contributed by atoms with Crippen LogP contribution >= 0.6 is 27.5 Å². The van der Waals surface area contributed by atoms with Crippen molar-refractivity contribution in [1.82, 2.24) is 10.2 Å². The number of nitrogens with one attached hydrogen (secondary N) is 1. The molecule has 3 rings (SSSR count). The highest BCUT2D eigenvalue weighted by atomic mass is 79.9. The number of hydrogen-bond acceptors (Lipinski definition) is 4. The van der Waals surface area contributed by atoms with Crippen LogP contribution in [-0.2, 0) is 26.2 Å². The van der Waals surface area contributed by atoms with E-state index in [1.165, 1.54) is 11.0 Å². The van der Waals surface area contributed by atoms with Gasteiger partial charge in [0.2, 0.25) is 21.8 Å². The van der Waals surface area contributed by atoms with Gasteiger partial charge in [0, 0.05) is 22.1 Å². The summed E-state index contributed by atoms with van der Waals surface area (Å²) >= 11 is 9.63. The Kier molecular flexibility index (Phi) is 9.23. The maximum Gasteiger partial charge on any atom is 0.244 e. The highest BCUT2D eigenvalue weighted by molar-refractivity contribution is 9.10. The normalized spacial score (nSPS) is 15.0. The Morgan fingerprint density at radius 2 is 1.77 bits per heavy atom. The molecule has 0 saturated heterocycles. The molecule has 7 nitrogen and oxygen atoms in total. The van der Waals surface area contributed by atoms with E-state index in [2.05, 4.69) is 21.2 Å². The van der Waals surface area contributed by atoms with Gasteiger partial charge in [-0.05, 0) is 62.1 Å². The number of rotatable bonds is 9. The van der Waals surface area contributed by atoms with Gasteiger partial charge in [-0.2, -0.15) is 0 Å². The van der Waals surface area contributed by atoms with E-state index >= 15 is 0 Å². The fourth-order valence-electron chi connectivity index (χ4n) is 4.11. The van der Waals surface area contributed by atoms with Crippen LogP contribution in [0.4, 0.5) is 5.69 Å². The van der Waals surface area contributed by atoms with Crippen molar-refractivity contribution in [3.8, 4) is 0 Å². The molecule has 0 spiro atoms. The predicted molar refractivity (Wildman–Crippen MR) is 143 cm³/mol. The number of halogens is 2. The van der Waals surface area contributed by atoms with Gasteiger partial charge in [-0.1, -0.05) is 58.6 Å². The van der Waals surface area contributed by atoms with E-state index in [4.69, 9.17) is 11.6 Å². The number of sulfonamides is 1. The topological polar surface area (TPSA) is 86.8 Å². The van der Waals surface area contributed by atoms with Crippen LogP contribution in [0.1, 0.15) is 43.7 Å². The predicted octanol–water partition coefficient (Wildman–Crippen LogP) is 4.65. The molecule has 1 atom stereocenters. The molecule has 35 heavy (non-hydrogen) atoms. The Morgan fingerprint density at radius 1 is 1.14 bits per heavy atom. The second kappa shape index (κ2) is 11.8. The molecule has 0 aromatic heterocycles. The first kappa shape index (κ1) is 27.5. The third-order valence-electron chi connectivity index (χ3n) is 6.26. The van der Waals surface area contributed by atoms with E-state index in [0.717, 1.165) is 51.8 Å². The number of hydrogen-bond donors (Lipinski definition) is 1. The molecule has 1 aliphatic rings. The summed E-state index contributed by atoms with van der Waals surface area (Å²) in [5, 5.41) is 3.45. The number of nitrogens with zero attached hydrogens (tertiary/aromatic N) is 2. The number of amides is 2. The van der Waals surface area contributed by atoms with E-state index in [1.807, 2.05) is 31.2 Å². The Hall–Kier alpha value is -2.10. The van der Waals surface area contributed by atoms with Crippen LogP contribution in [0.5, 0.6) is 0 Å². The van der Waals surface area contributed by atoms with Gasteiger partial charge < -0.3 is 10.2 Å². The summed E-state index contributed by atoms with van der Waals surface area (Å²) in [5.74, 6) is -0.726. The van der Waals surface area contributed by atoms with Crippen molar-refractivity contribution in [3.05, 3.63) is 63.1 Å². The molecule has 2 aromatic carbocycles. The molecule has 1 saturated carbocycles. The maximum absolute atomic E-state index is 13.6. The summed E-state index contributed by atoms with van der Waals surface area (Å²) in [7, 11) is -3.80. The molecule has 1 fully saturated rings. The Bertz CT molecular complexity index is 1170. The van der Waals surface area contributed by atoms with Crippen molar-refractivity contribution >= 4 is 55.1 Å². The number of aryl methyl sites for hydroxylation is 1. The van der Waals surface area contributed by atoms with Crippen molar-refractivity contribution in [2.45, 2.75) is 58.2 Å². The third kappa shape index (κ3) is 7.44. The maximum atomic E-state index is 13.6. The molecule has 0 radical (unpaired) electrons. The lowest BCUT2D eigenvalue weighted by molar-refractivity contribution is -0.139. The number of carbonyl (C=O) groups is 2. The lowest BCUT2D eigenvalue weighted by atomic mass is 10.1. The summed E-state index contributed by atoms with van der Waals surface area (Å²) in [6.07, 6.45) is 5.04. The molecule has 1 unspecified atom stereocenters. The number of carbonyl (C=O) groups excluding carboxylic acids is 2. The third-order valence-corrected chi connectivity index (χ3v) is 8.33. The zero-order chi connectivity index (χ0) is 25.8. The van der Waals surface area contributed by atoms with E-state index in [0.29, 0.717) is 10.7 Å².